The van der Waals surface area contributed by atoms with Crippen LogP contribution in [0, 0.1) is 0 Å². The lowest BCUT2D eigenvalue weighted by molar-refractivity contribution is 0.419. The number of anilines is 2. The van der Waals surface area contributed by atoms with Gasteiger partial charge in [0, 0.05) is 10.4 Å². The number of methoxy groups -OCH3 is 1. The highest BCUT2D eigenvalue weighted by molar-refractivity contribution is 7.24. The first kappa shape index (κ1) is 19.2. The number of hydrogen-bond donors (Lipinski definition) is 1. The third kappa shape index (κ3) is 3.41. The molecule has 3 heterocycles. The number of fused-ring (bicyclic) bond motifs is 3. The Bertz CT molecular complexity index is 1370. The molecule has 3 aromatic heterocycles. The summed E-state index contributed by atoms with van der Waals surface area (Å²) in [6.07, 6.45) is 6.12. The van der Waals surface area contributed by atoms with E-state index < -0.39 is 0 Å². The number of nitrogens with zero attached hydrogens (tertiary/aromatic N) is 2. The molecule has 0 saturated heterocycles. The zero-order chi connectivity index (χ0) is 20.8. The van der Waals surface area contributed by atoms with E-state index in [-0.39, 0.29) is 0 Å². The lowest BCUT2D eigenvalue weighted by atomic mass is 10.1. The Morgan fingerprint density at radius 2 is 1.74 bits per heavy atom. The second kappa shape index (κ2) is 7.89. The van der Waals surface area contributed by atoms with Crippen molar-refractivity contribution in [1.29, 1.82) is 0 Å². The molecule has 6 rings (SSSR count). The van der Waals surface area contributed by atoms with Crippen molar-refractivity contribution in [3.63, 3.8) is 0 Å². The third-order valence-electron chi connectivity index (χ3n) is 5.75. The van der Waals surface area contributed by atoms with E-state index in [1.807, 2.05) is 23.5 Å². The predicted molar refractivity (Wildman–Crippen MR) is 134 cm³/mol. The lowest BCUT2D eigenvalue weighted by Crippen LogP contribution is -1.92. The Hall–Kier alpha value is -2.48. The average molecular weight is 464 g/mol. The van der Waals surface area contributed by atoms with Crippen molar-refractivity contribution in [2.24, 2.45) is 0 Å². The molecule has 0 saturated carbocycles. The van der Waals surface area contributed by atoms with Crippen LogP contribution in [0.15, 0.2) is 42.5 Å². The van der Waals surface area contributed by atoms with Crippen molar-refractivity contribution >= 4 is 64.6 Å². The standard InChI is InChI=1S/C24H21N3OS3/c1-28-16-10-7-13-19-21(16)26-24(31-19)27-23-20(14-8-3-2-4-11-17(14)29-23)22-25-15-9-5-6-12-18(15)30-22/h5-7,9-10,12-13H,2-4,8,11H2,1H3,(H,26,27). The second-order valence-electron chi connectivity index (χ2n) is 7.71. The number of nitrogens with one attached hydrogen (secondary N) is 1. The molecule has 4 nitrogen and oxygen atoms in total. The van der Waals surface area contributed by atoms with Crippen LogP contribution < -0.4 is 10.1 Å². The van der Waals surface area contributed by atoms with Crippen LogP contribution in [0.1, 0.15) is 29.7 Å². The number of para-hydroxylation sites is 2. The second-order valence-corrected chi connectivity index (χ2v) is 10.9. The van der Waals surface area contributed by atoms with Crippen molar-refractivity contribution in [1.82, 2.24) is 9.97 Å². The van der Waals surface area contributed by atoms with E-state index in [4.69, 9.17) is 14.7 Å². The highest BCUT2D eigenvalue weighted by Crippen LogP contribution is 2.47. The molecule has 1 aliphatic carbocycles. The molecule has 0 radical (unpaired) electrons. The molecule has 7 heteroatoms. The van der Waals surface area contributed by atoms with Crippen LogP contribution in [0.5, 0.6) is 5.75 Å². The summed E-state index contributed by atoms with van der Waals surface area (Å²) in [5.41, 5.74) is 4.76. The summed E-state index contributed by atoms with van der Waals surface area (Å²) in [5.74, 6) is 0.815. The summed E-state index contributed by atoms with van der Waals surface area (Å²) in [6.45, 7) is 0. The van der Waals surface area contributed by atoms with Gasteiger partial charge in [-0.25, -0.2) is 9.97 Å². The molecule has 0 amide bonds. The summed E-state index contributed by atoms with van der Waals surface area (Å²) in [4.78, 5) is 11.4. The van der Waals surface area contributed by atoms with Gasteiger partial charge in [0.2, 0.25) is 0 Å². The van der Waals surface area contributed by atoms with Gasteiger partial charge >= 0.3 is 0 Å². The van der Waals surface area contributed by atoms with Gasteiger partial charge in [-0.3, -0.25) is 0 Å². The quantitative estimate of drug-likeness (QED) is 0.278. The minimum absolute atomic E-state index is 0.815. The molecular formula is C24H21N3OS3. The molecule has 156 valence electrons. The number of hydrogen-bond acceptors (Lipinski definition) is 7. The summed E-state index contributed by atoms with van der Waals surface area (Å²) < 4.78 is 7.87. The normalized spacial score (nSPS) is 14.0. The van der Waals surface area contributed by atoms with Crippen molar-refractivity contribution in [2.45, 2.75) is 32.1 Å². The van der Waals surface area contributed by atoms with E-state index in [0.717, 1.165) is 44.5 Å². The highest BCUT2D eigenvalue weighted by Gasteiger charge is 2.24. The molecule has 0 bridgehead atoms. The molecule has 0 fully saturated rings. The molecule has 5 aromatic rings. The van der Waals surface area contributed by atoms with Gasteiger partial charge in [0.15, 0.2) is 5.13 Å². The number of ether oxygens (including phenoxy) is 1. The number of thiophene rings is 1. The van der Waals surface area contributed by atoms with Crippen molar-refractivity contribution in [3.8, 4) is 16.3 Å². The SMILES string of the molecule is COc1cccc2sc(Nc3sc4c(c3-c3nc5ccccc5s3)CCCCC4)nc12. The van der Waals surface area contributed by atoms with Gasteiger partial charge in [0.05, 0.1) is 22.0 Å². The number of benzene rings is 2. The van der Waals surface area contributed by atoms with Gasteiger partial charge in [-0.2, -0.15) is 0 Å². The van der Waals surface area contributed by atoms with Gasteiger partial charge < -0.3 is 10.1 Å². The van der Waals surface area contributed by atoms with Crippen molar-refractivity contribution < 1.29 is 4.74 Å². The Labute approximate surface area is 192 Å². The minimum Gasteiger partial charge on any atom is -0.494 e. The Morgan fingerprint density at radius 1 is 0.871 bits per heavy atom. The molecule has 2 aromatic carbocycles. The van der Waals surface area contributed by atoms with Crippen LogP contribution >= 0.6 is 34.0 Å². The van der Waals surface area contributed by atoms with Gasteiger partial charge in [0.1, 0.15) is 21.3 Å². The molecule has 31 heavy (non-hydrogen) atoms. The minimum atomic E-state index is 0.815. The van der Waals surface area contributed by atoms with E-state index in [0.29, 0.717) is 0 Å². The first-order valence-corrected chi connectivity index (χ1v) is 13.0. The fourth-order valence-corrected chi connectivity index (χ4v) is 7.63. The number of rotatable bonds is 4. The van der Waals surface area contributed by atoms with Gasteiger partial charge in [-0.1, -0.05) is 36.0 Å². The molecule has 1 N–H and O–H groups in total. The first-order valence-electron chi connectivity index (χ1n) is 10.5. The van der Waals surface area contributed by atoms with E-state index in [1.54, 1.807) is 29.8 Å². The van der Waals surface area contributed by atoms with Crippen molar-refractivity contribution in [2.75, 3.05) is 12.4 Å². The first-order chi connectivity index (χ1) is 15.3. The van der Waals surface area contributed by atoms with Crippen LogP contribution in [-0.2, 0) is 12.8 Å². The maximum Gasteiger partial charge on any atom is 0.189 e. The molecule has 0 aliphatic heterocycles. The monoisotopic (exact) mass is 463 g/mol. The Kier molecular flexibility index (Phi) is 4.89. The topological polar surface area (TPSA) is 47.0 Å². The fraction of sp³-hybridized carbons (Fsp3) is 0.250. The fourth-order valence-electron chi connectivity index (χ4n) is 4.27. The molecular weight excluding hydrogens is 442 g/mol. The summed E-state index contributed by atoms with van der Waals surface area (Å²) in [6, 6.07) is 14.5. The van der Waals surface area contributed by atoms with E-state index in [9.17, 15) is 0 Å². The van der Waals surface area contributed by atoms with Gasteiger partial charge in [0.25, 0.3) is 0 Å². The summed E-state index contributed by atoms with van der Waals surface area (Å²) in [7, 11) is 1.70. The maximum atomic E-state index is 5.51. The van der Waals surface area contributed by atoms with Gasteiger partial charge in [-0.15, -0.1) is 22.7 Å². The van der Waals surface area contributed by atoms with Crippen molar-refractivity contribution in [3.05, 3.63) is 52.9 Å². The zero-order valence-corrected chi connectivity index (χ0v) is 19.6. The Morgan fingerprint density at radius 3 is 2.65 bits per heavy atom. The molecule has 0 atom stereocenters. The average Bonchev–Trinajstić information content (AvgIpc) is 3.43. The third-order valence-corrected chi connectivity index (χ3v) is 8.95. The largest absolute Gasteiger partial charge is 0.494 e. The van der Waals surface area contributed by atoms with Crippen LogP contribution in [0.2, 0.25) is 0 Å². The summed E-state index contributed by atoms with van der Waals surface area (Å²) in [5, 5.41) is 6.86. The van der Waals surface area contributed by atoms with E-state index >= 15 is 0 Å². The van der Waals surface area contributed by atoms with Crippen LogP contribution in [0.3, 0.4) is 0 Å². The lowest BCUT2D eigenvalue weighted by Gasteiger charge is -2.05. The maximum absolute atomic E-state index is 5.51. The zero-order valence-electron chi connectivity index (χ0n) is 17.1. The Balaban J connectivity index is 1.48. The molecule has 0 spiro atoms. The van der Waals surface area contributed by atoms with Crippen LogP contribution in [-0.4, -0.2) is 17.1 Å². The summed E-state index contributed by atoms with van der Waals surface area (Å²) >= 11 is 5.34. The smallest absolute Gasteiger partial charge is 0.189 e. The number of aryl methyl sites for hydroxylation is 1. The van der Waals surface area contributed by atoms with E-state index in [2.05, 4.69) is 35.6 Å². The number of aromatic nitrogens is 2. The van der Waals surface area contributed by atoms with E-state index in [1.165, 1.54) is 45.0 Å². The van der Waals surface area contributed by atoms with Crippen LogP contribution in [0.25, 0.3) is 31.0 Å². The predicted octanol–water partition coefficient (Wildman–Crippen LogP) is 7.66. The molecule has 0 unspecified atom stereocenters. The highest BCUT2D eigenvalue weighted by atomic mass is 32.1. The molecule has 1 aliphatic rings. The van der Waals surface area contributed by atoms with Crippen LogP contribution in [0.4, 0.5) is 10.1 Å². The number of thiazole rings is 2. The van der Waals surface area contributed by atoms with Gasteiger partial charge in [-0.05, 0) is 55.5 Å².